The fourth-order valence-corrected chi connectivity index (χ4v) is 8.91. The number of hydrogen-bond acceptors (Lipinski definition) is 6. The Bertz CT molecular complexity index is 1560. The molecule has 2 aliphatic heterocycles. The number of nitrogens with zero attached hydrogens (tertiary/aromatic N) is 2. The molecule has 0 radical (unpaired) electrons. The lowest BCUT2D eigenvalue weighted by molar-refractivity contribution is -0.148. The molecule has 0 spiro atoms. The van der Waals surface area contributed by atoms with Crippen LogP contribution in [0.3, 0.4) is 0 Å². The molecule has 5 rings (SSSR count). The van der Waals surface area contributed by atoms with Crippen molar-refractivity contribution in [1.29, 1.82) is 0 Å². The second-order valence-electron chi connectivity index (χ2n) is 17.1. The monoisotopic (exact) mass is 717 g/mol. The van der Waals surface area contributed by atoms with Crippen LogP contribution in [-0.4, -0.2) is 82.9 Å². The Balaban J connectivity index is 1.33. The molecule has 2 saturated carbocycles. The molecule has 2 aliphatic carbocycles. The van der Waals surface area contributed by atoms with Crippen LogP contribution in [-0.2, 0) is 30.5 Å². The molecular weight excluding hydrogens is 658 g/mol. The lowest BCUT2D eigenvalue weighted by atomic mass is 9.77. The Hall–Kier alpha value is -4.02. The highest BCUT2D eigenvalue weighted by molar-refractivity contribution is 6.38. The van der Waals surface area contributed by atoms with Crippen molar-refractivity contribution in [3.05, 3.63) is 48.0 Å². The molecule has 5 amide bonds. The molecule has 0 bridgehead atoms. The molecule has 6 atom stereocenters. The maximum atomic E-state index is 14.7. The summed E-state index contributed by atoms with van der Waals surface area (Å²) < 4.78 is 0. The summed E-state index contributed by atoms with van der Waals surface area (Å²) in [7, 11) is 0. The third kappa shape index (κ3) is 8.28. The van der Waals surface area contributed by atoms with Crippen molar-refractivity contribution in [1.82, 2.24) is 25.8 Å². The maximum Gasteiger partial charge on any atom is 0.289 e. The molecule has 1 unspecified atom stereocenters. The molecule has 4 aliphatic rings. The Kier molecular flexibility index (Phi) is 12.0. The molecule has 1 aromatic rings. The number of fused-ring (bicyclic) bond motifs is 2. The Morgan fingerprint density at radius 1 is 1.04 bits per heavy atom. The minimum atomic E-state index is -1.01. The van der Waals surface area contributed by atoms with Crippen molar-refractivity contribution in [3.63, 3.8) is 0 Å². The van der Waals surface area contributed by atoms with Gasteiger partial charge in [-0.25, -0.2) is 0 Å². The van der Waals surface area contributed by atoms with Crippen LogP contribution in [0.1, 0.15) is 109 Å². The predicted octanol–water partition coefficient (Wildman–Crippen LogP) is 4.40. The van der Waals surface area contributed by atoms with Crippen molar-refractivity contribution >= 4 is 35.3 Å². The number of likely N-dealkylation sites (tertiary alicyclic amines) is 1. The van der Waals surface area contributed by atoms with Gasteiger partial charge in [-0.1, -0.05) is 91.5 Å². The first-order valence-corrected chi connectivity index (χ1v) is 19.3. The number of rotatable bonds is 15. The number of nitrogens with one attached hydrogen (secondary N) is 3. The third-order valence-corrected chi connectivity index (χ3v) is 12.2. The molecule has 284 valence electrons. The molecule has 1 aromatic carbocycles. The highest BCUT2D eigenvalue weighted by atomic mass is 16.2. The van der Waals surface area contributed by atoms with E-state index in [1.54, 1.807) is 9.80 Å². The predicted molar refractivity (Wildman–Crippen MR) is 199 cm³/mol. The Morgan fingerprint density at radius 3 is 2.37 bits per heavy atom. The SMILES string of the molecule is C=CCNC(=O)C(=O)C(CCC)NC(=O)[C@@H]1[C@@H]2[C@H](CN1C(=O)[C@@H](CC(=O)N[C@H](CN1Cc3ccccc3C1=O)C(C)(C)C)C1CCCCC1)C2(C)C. The third-order valence-electron chi connectivity index (χ3n) is 12.2. The number of ketones is 1. The lowest BCUT2D eigenvalue weighted by Crippen LogP contribution is -2.57. The van der Waals surface area contributed by atoms with Gasteiger partial charge in [-0.15, -0.1) is 6.58 Å². The molecule has 1 saturated heterocycles. The van der Waals surface area contributed by atoms with Crippen LogP contribution < -0.4 is 16.0 Å². The highest BCUT2D eigenvalue weighted by Crippen LogP contribution is 2.65. The second-order valence-corrected chi connectivity index (χ2v) is 17.1. The van der Waals surface area contributed by atoms with Gasteiger partial charge >= 0.3 is 0 Å². The van der Waals surface area contributed by atoms with Gasteiger partial charge in [0.1, 0.15) is 6.04 Å². The molecule has 11 heteroatoms. The van der Waals surface area contributed by atoms with E-state index in [9.17, 15) is 28.8 Å². The number of Topliss-reactive ketones (excluding diaryl/α,β-unsaturated/α-hetero) is 1. The number of hydrogen-bond donors (Lipinski definition) is 3. The molecule has 11 nitrogen and oxygen atoms in total. The number of carbonyl (C=O) groups is 6. The van der Waals surface area contributed by atoms with Crippen molar-refractivity contribution in [2.75, 3.05) is 19.6 Å². The lowest BCUT2D eigenvalue weighted by Gasteiger charge is -2.38. The van der Waals surface area contributed by atoms with Gasteiger partial charge in [0.2, 0.25) is 23.5 Å². The van der Waals surface area contributed by atoms with Crippen LogP contribution >= 0.6 is 0 Å². The van der Waals surface area contributed by atoms with Crippen molar-refractivity contribution in [2.45, 2.75) is 118 Å². The number of carbonyl (C=O) groups excluding carboxylic acids is 6. The summed E-state index contributed by atoms with van der Waals surface area (Å²) in [6.45, 7) is 17.2. The second kappa shape index (κ2) is 15.9. The summed E-state index contributed by atoms with van der Waals surface area (Å²) >= 11 is 0. The van der Waals surface area contributed by atoms with Crippen molar-refractivity contribution < 1.29 is 28.8 Å². The first-order valence-electron chi connectivity index (χ1n) is 19.3. The van der Waals surface area contributed by atoms with E-state index >= 15 is 0 Å². The molecule has 2 heterocycles. The van der Waals surface area contributed by atoms with Gasteiger partial charge in [0.05, 0.1) is 12.1 Å². The molecule has 0 aromatic heterocycles. The highest BCUT2D eigenvalue weighted by Gasteiger charge is 2.69. The summed E-state index contributed by atoms with van der Waals surface area (Å²) in [6.07, 6.45) is 7.06. The van der Waals surface area contributed by atoms with E-state index in [-0.39, 0.29) is 65.3 Å². The van der Waals surface area contributed by atoms with Gasteiger partial charge in [-0.3, -0.25) is 28.8 Å². The van der Waals surface area contributed by atoms with E-state index in [4.69, 9.17) is 0 Å². The zero-order valence-electron chi connectivity index (χ0n) is 32.0. The zero-order valence-corrected chi connectivity index (χ0v) is 32.0. The quantitative estimate of drug-likeness (QED) is 0.181. The summed E-state index contributed by atoms with van der Waals surface area (Å²) in [5.41, 5.74) is 1.14. The summed E-state index contributed by atoms with van der Waals surface area (Å²) in [5.74, 6) is -2.96. The van der Waals surface area contributed by atoms with E-state index in [0.29, 0.717) is 38.0 Å². The van der Waals surface area contributed by atoms with E-state index in [1.807, 2.05) is 52.0 Å². The molecule has 3 N–H and O–H groups in total. The fourth-order valence-electron chi connectivity index (χ4n) is 8.91. The zero-order chi connectivity index (χ0) is 38.0. The number of benzene rings is 1. The van der Waals surface area contributed by atoms with Crippen LogP contribution in [0.5, 0.6) is 0 Å². The number of amides is 5. The smallest absolute Gasteiger partial charge is 0.289 e. The fraction of sp³-hybridized carbons (Fsp3) is 0.659. The average Bonchev–Trinajstić information content (AvgIpc) is 3.38. The van der Waals surface area contributed by atoms with E-state index in [1.165, 1.54) is 6.08 Å². The van der Waals surface area contributed by atoms with Crippen LogP contribution in [0.2, 0.25) is 0 Å². The summed E-state index contributed by atoms with van der Waals surface area (Å²) in [4.78, 5) is 85.3. The molecule has 52 heavy (non-hydrogen) atoms. The summed E-state index contributed by atoms with van der Waals surface area (Å²) in [6, 6.07) is 5.42. The van der Waals surface area contributed by atoms with Crippen LogP contribution in [0, 0.1) is 34.5 Å². The number of piperidine rings is 1. The normalized spacial score (nSPS) is 23.9. The average molecular weight is 718 g/mol. The van der Waals surface area contributed by atoms with Crippen molar-refractivity contribution in [3.8, 4) is 0 Å². The first-order chi connectivity index (χ1) is 24.6. The van der Waals surface area contributed by atoms with E-state index in [0.717, 1.165) is 37.7 Å². The Labute approximate surface area is 309 Å². The topological polar surface area (TPSA) is 145 Å². The summed E-state index contributed by atoms with van der Waals surface area (Å²) in [5, 5.41) is 8.60. The maximum absolute atomic E-state index is 14.7. The van der Waals surface area contributed by atoms with Gasteiger partial charge in [0.15, 0.2) is 0 Å². The van der Waals surface area contributed by atoms with E-state index < -0.39 is 35.6 Å². The van der Waals surface area contributed by atoms with Gasteiger partial charge in [-0.2, -0.15) is 0 Å². The van der Waals surface area contributed by atoms with Crippen LogP contribution in [0.15, 0.2) is 36.9 Å². The van der Waals surface area contributed by atoms with Gasteiger partial charge < -0.3 is 25.8 Å². The van der Waals surface area contributed by atoms with Crippen LogP contribution in [0.25, 0.3) is 0 Å². The molecule has 3 fully saturated rings. The van der Waals surface area contributed by atoms with Gasteiger partial charge in [0.25, 0.3) is 11.8 Å². The first kappa shape index (κ1) is 39.2. The van der Waals surface area contributed by atoms with Gasteiger partial charge in [-0.05, 0) is 59.5 Å². The standard InChI is InChI=1S/C41H59N5O6/c1-8-15-30(35(48)37(50)42-20-9-2)43-36(49)34-33-29(41(33,6)7)23-46(34)39(52)28(25-16-11-10-12-17-25)21-32(47)44-31(40(3,4)5)24-45-22-26-18-13-14-19-27(26)38(45)51/h9,13-14,18-19,25,28-31,33-34H,2,8,10-12,15-17,20-24H2,1,3-7H3,(H,42,50)(H,43,49)(H,44,47)/t28-,29-,30?,31+,33-,34-/m0/s1. The largest absolute Gasteiger partial charge is 0.351 e. The van der Waals surface area contributed by atoms with Crippen molar-refractivity contribution in [2.24, 2.45) is 34.5 Å². The van der Waals surface area contributed by atoms with Crippen LogP contribution in [0.4, 0.5) is 0 Å². The van der Waals surface area contributed by atoms with Gasteiger partial charge in [0, 0.05) is 44.1 Å². The molecular formula is C41H59N5O6. The minimum absolute atomic E-state index is 0.00572. The van der Waals surface area contributed by atoms with E-state index in [2.05, 4.69) is 36.4 Å². The Morgan fingerprint density at radius 2 is 1.73 bits per heavy atom. The minimum Gasteiger partial charge on any atom is -0.351 e.